The van der Waals surface area contributed by atoms with E-state index in [2.05, 4.69) is 5.10 Å². The third-order valence-electron chi connectivity index (χ3n) is 3.06. The number of alkyl halides is 3. The molecule has 7 nitrogen and oxygen atoms in total. The van der Waals surface area contributed by atoms with Crippen molar-refractivity contribution >= 4 is 10.0 Å². The number of hydrogen-bond acceptors (Lipinski definition) is 4. The molecule has 0 aliphatic rings. The zero-order valence-electron chi connectivity index (χ0n) is 12.5. The minimum atomic E-state index is -4.85. The average Bonchev–Trinajstić information content (AvgIpc) is 2.74. The van der Waals surface area contributed by atoms with Crippen LogP contribution in [-0.4, -0.2) is 29.3 Å². The molecular weight excluding hydrogens is 375 g/mol. The molecule has 0 amide bonds. The van der Waals surface area contributed by atoms with E-state index in [1.807, 2.05) is 4.72 Å². The van der Waals surface area contributed by atoms with E-state index in [1.165, 1.54) is 0 Å². The van der Waals surface area contributed by atoms with Crippen LogP contribution in [0.25, 0.3) is 0 Å². The monoisotopic (exact) mass is 386 g/mol. The van der Waals surface area contributed by atoms with Crippen molar-refractivity contribution in [2.45, 2.75) is 17.6 Å². The molecule has 2 aromatic rings. The summed E-state index contributed by atoms with van der Waals surface area (Å²) >= 11 is 0. The molecular formula is C12H11F5N4O3S. The van der Waals surface area contributed by atoms with Crippen LogP contribution in [0.2, 0.25) is 0 Å². The van der Waals surface area contributed by atoms with Crippen LogP contribution in [0, 0.1) is 11.6 Å². The fraction of sp³-hybridized carbons (Fsp3) is 0.333. The van der Waals surface area contributed by atoms with Gasteiger partial charge in [0.1, 0.15) is 11.6 Å². The van der Waals surface area contributed by atoms with Gasteiger partial charge < -0.3 is 0 Å². The Morgan fingerprint density at radius 2 is 1.72 bits per heavy atom. The number of hydrogen-bond donors (Lipinski definition) is 1. The number of sulfonamides is 1. The summed E-state index contributed by atoms with van der Waals surface area (Å²) in [6, 6.07) is 1.62. The second-order valence-corrected chi connectivity index (χ2v) is 6.66. The molecule has 0 unspecified atom stereocenters. The van der Waals surface area contributed by atoms with Gasteiger partial charge in [0, 0.05) is 19.7 Å². The minimum Gasteiger partial charge on any atom is -0.274 e. The number of benzene rings is 1. The second kappa shape index (κ2) is 6.55. The quantitative estimate of drug-likeness (QED) is 0.773. The molecule has 13 heteroatoms. The van der Waals surface area contributed by atoms with Crippen molar-refractivity contribution < 1.29 is 30.4 Å². The van der Waals surface area contributed by atoms with Gasteiger partial charge in [0.25, 0.3) is 0 Å². The van der Waals surface area contributed by atoms with Crippen LogP contribution in [0.4, 0.5) is 22.0 Å². The summed E-state index contributed by atoms with van der Waals surface area (Å²) in [6.07, 6.45) is -4.85. The maximum atomic E-state index is 13.1. The van der Waals surface area contributed by atoms with Crippen LogP contribution in [0.15, 0.2) is 27.9 Å². The normalized spacial score (nSPS) is 12.6. The largest absolute Gasteiger partial charge is 0.451 e. The third-order valence-corrected chi connectivity index (χ3v) is 4.50. The molecule has 0 spiro atoms. The average molecular weight is 386 g/mol. The number of halogens is 5. The summed E-state index contributed by atoms with van der Waals surface area (Å²) in [7, 11) is -3.45. The van der Waals surface area contributed by atoms with E-state index in [1.54, 1.807) is 0 Å². The zero-order chi connectivity index (χ0) is 19.0. The molecule has 138 valence electrons. The summed E-state index contributed by atoms with van der Waals surface area (Å²) in [5.41, 5.74) is -1.09. The molecule has 0 radical (unpaired) electrons. The van der Waals surface area contributed by atoms with E-state index in [0.717, 1.165) is 7.05 Å². The fourth-order valence-corrected chi connectivity index (χ4v) is 3.00. The van der Waals surface area contributed by atoms with E-state index in [0.29, 0.717) is 22.9 Å². The molecule has 2 rings (SSSR count). The van der Waals surface area contributed by atoms with Crippen molar-refractivity contribution in [3.05, 3.63) is 46.1 Å². The van der Waals surface area contributed by atoms with Crippen LogP contribution in [0.5, 0.6) is 0 Å². The summed E-state index contributed by atoms with van der Waals surface area (Å²) in [5.74, 6) is -3.67. The predicted molar refractivity (Wildman–Crippen MR) is 74.0 cm³/mol. The predicted octanol–water partition coefficient (Wildman–Crippen LogP) is 0.857. The lowest BCUT2D eigenvalue weighted by Crippen LogP contribution is -2.32. The standard InChI is InChI=1S/C12H11F5N4O3S/c1-20-10(12(15,16)17)19-21(11(20)22)3-2-18-25(23,24)9-5-7(13)4-8(14)6-9/h4-6,18H,2-3H2,1H3. The van der Waals surface area contributed by atoms with Gasteiger partial charge >= 0.3 is 11.9 Å². The first-order valence-electron chi connectivity index (χ1n) is 6.58. The molecule has 0 aliphatic carbocycles. The molecule has 0 saturated carbocycles. The summed E-state index contributed by atoms with van der Waals surface area (Å²) < 4.78 is 90.5. The molecule has 1 heterocycles. The Balaban J connectivity index is 2.14. The molecule has 0 fully saturated rings. The highest BCUT2D eigenvalue weighted by molar-refractivity contribution is 7.89. The highest BCUT2D eigenvalue weighted by Crippen LogP contribution is 2.25. The van der Waals surface area contributed by atoms with E-state index >= 15 is 0 Å². The smallest absolute Gasteiger partial charge is 0.274 e. The third kappa shape index (κ3) is 4.22. The molecule has 25 heavy (non-hydrogen) atoms. The molecule has 0 bridgehead atoms. The fourth-order valence-electron chi connectivity index (χ4n) is 1.93. The Kier molecular flexibility index (Phi) is 4.99. The lowest BCUT2D eigenvalue weighted by Gasteiger charge is -2.07. The molecule has 0 aliphatic heterocycles. The van der Waals surface area contributed by atoms with Gasteiger partial charge in [0.05, 0.1) is 11.4 Å². The van der Waals surface area contributed by atoms with E-state index in [4.69, 9.17) is 0 Å². The first kappa shape index (κ1) is 19.1. The zero-order valence-corrected chi connectivity index (χ0v) is 13.3. The van der Waals surface area contributed by atoms with Crippen molar-refractivity contribution in [3.8, 4) is 0 Å². The first-order valence-corrected chi connectivity index (χ1v) is 8.07. The summed E-state index contributed by atoms with van der Waals surface area (Å²) in [5, 5.41) is 3.09. The Labute approximate surface area is 137 Å². The van der Waals surface area contributed by atoms with Crippen LogP contribution >= 0.6 is 0 Å². The topological polar surface area (TPSA) is 86.0 Å². The maximum Gasteiger partial charge on any atom is 0.451 e. The number of nitrogens with zero attached hydrogens (tertiary/aromatic N) is 3. The van der Waals surface area contributed by atoms with E-state index < -0.39 is 57.3 Å². The van der Waals surface area contributed by atoms with E-state index in [-0.39, 0.29) is 4.57 Å². The highest BCUT2D eigenvalue weighted by atomic mass is 32.2. The summed E-state index contributed by atoms with van der Waals surface area (Å²) in [4.78, 5) is 10.9. The number of rotatable bonds is 5. The van der Waals surface area contributed by atoms with Crippen LogP contribution in [-0.2, 0) is 29.8 Å². The van der Waals surface area contributed by atoms with Crippen LogP contribution < -0.4 is 10.4 Å². The van der Waals surface area contributed by atoms with Gasteiger partial charge in [-0.3, -0.25) is 4.57 Å². The first-order chi connectivity index (χ1) is 11.4. The Hall–Kier alpha value is -2.28. The van der Waals surface area contributed by atoms with Crippen LogP contribution in [0.3, 0.4) is 0 Å². The Morgan fingerprint density at radius 1 is 1.16 bits per heavy atom. The van der Waals surface area contributed by atoms with Gasteiger partial charge in [-0.05, 0) is 12.1 Å². The van der Waals surface area contributed by atoms with E-state index in [9.17, 15) is 35.2 Å². The Morgan fingerprint density at radius 3 is 2.20 bits per heavy atom. The lowest BCUT2D eigenvalue weighted by molar-refractivity contribution is -0.147. The summed E-state index contributed by atoms with van der Waals surface area (Å²) in [6.45, 7) is -1.03. The van der Waals surface area contributed by atoms with Gasteiger partial charge in [-0.25, -0.2) is 31.4 Å². The van der Waals surface area contributed by atoms with Crippen LogP contribution in [0.1, 0.15) is 5.82 Å². The molecule has 1 N–H and O–H groups in total. The maximum absolute atomic E-state index is 13.1. The Bertz CT molecular complexity index is 928. The van der Waals surface area contributed by atoms with Crippen molar-refractivity contribution in [1.29, 1.82) is 0 Å². The van der Waals surface area contributed by atoms with Gasteiger partial charge in [-0.2, -0.15) is 13.2 Å². The minimum absolute atomic E-state index is 0.274. The van der Waals surface area contributed by atoms with Gasteiger partial charge in [-0.1, -0.05) is 0 Å². The number of nitrogens with one attached hydrogen (secondary N) is 1. The molecule has 0 atom stereocenters. The molecule has 0 saturated heterocycles. The highest BCUT2D eigenvalue weighted by Gasteiger charge is 2.37. The van der Waals surface area contributed by atoms with Gasteiger partial charge in [0.15, 0.2) is 0 Å². The van der Waals surface area contributed by atoms with Crippen molar-refractivity contribution in [2.24, 2.45) is 7.05 Å². The van der Waals surface area contributed by atoms with Gasteiger partial charge in [-0.15, -0.1) is 5.10 Å². The van der Waals surface area contributed by atoms with Crippen molar-refractivity contribution in [2.75, 3.05) is 6.54 Å². The molecule has 1 aromatic heterocycles. The molecule has 1 aromatic carbocycles. The second-order valence-electron chi connectivity index (χ2n) is 4.89. The van der Waals surface area contributed by atoms with Crippen molar-refractivity contribution in [3.63, 3.8) is 0 Å². The van der Waals surface area contributed by atoms with Gasteiger partial charge in [0.2, 0.25) is 15.8 Å². The lowest BCUT2D eigenvalue weighted by atomic mass is 10.3. The SMILES string of the molecule is Cn1c(C(F)(F)F)nn(CCNS(=O)(=O)c2cc(F)cc(F)c2)c1=O. The number of aromatic nitrogens is 3. The van der Waals surface area contributed by atoms with Crippen molar-refractivity contribution in [1.82, 2.24) is 19.1 Å².